The number of halogens is 1. The van der Waals surface area contributed by atoms with Gasteiger partial charge in [-0.1, -0.05) is 12.1 Å². The van der Waals surface area contributed by atoms with E-state index < -0.39 is 0 Å². The lowest BCUT2D eigenvalue weighted by Gasteiger charge is -2.36. The molecule has 6 heteroatoms. The number of hydrogen-bond acceptors (Lipinski definition) is 4. The van der Waals surface area contributed by atoms with Gasteiger partial charge in [0.2, 0.25) is 0 Å². The molecule has 2 aliphatic heterocycles. The van der Waals surface area contributed by atoms with Crippen molar-refractivity contribution >= 4 is 17.4 Å². The maximum Gasteiger partial charge on any atom is 0.259 e. The van der Waals surface area contributed by atoms with Gasteiger partial charge in [-0.15, -0.1) is 0 Å². The molecule has 0 N–H and O–H groups in total. The van der Waals surface area contributed by atoms with E-state index in [9.17, 15) is 9.18 Å². The Balaban J connectivity index is 1.56. The summed E-state index contributed by atoms with van der Waals surface area (Å²) in [4.78, 5) is 21.2. The highest BCUT2D eigenvalue weighted by molar-refractivity contribution is 6.06. The largest absolute Gasteiger partial charge is 0.372 e. The molecule has 2 aliphatic rings. The molecule has 142 valence electrons. The van der Waals surface area contributed by atoms with Crippen molar-refractivity contribution in [1.29, 1.82) is 0 Å². The molecule has 0 saturated carbocycles. The average Bonchev–Trinajstić information content (AvgIpc) is 2.67. The molecule has 2 atom stereocenters. The summed E-state index contributed by atoms with van der Waals surface area (Å²) in [5.41, 5.74) is 1.77. The van der Waals surface area contributed by atoms with Crippen molar-refractivity contribution < 1.29 is 13.9 Å². The normalized spacial score (nSPS) is 22.5. The lowest BCUT2D eigenvalue weighted by Crippen LogP contribution is -2.45. The van der Waals surface area contributed by atoms with Gasteiger partial charge in [0.25, 0.3) is 5.91 Å². The summed E-state index contributed by atoms with van der Waals surface area (Å²) in [7, 11) is 0. The number of benzene rings is 1. The minimum atomic E-state index is -0.346. The van der Waals surface area contributed by atoms with Gasteiger partial charge in [0.05, 0.1) is 23.5 Å². The Morgan fingerprint density at radius 1 is 1.19 bits per heavy atom. The number of pyridine rings is 1. The Hall–Kier alpha value is -2.47. The lowest BCUT2D eigenvalue weighted by atomic mass is 10.0. The molecule has 1 aromatic carbocycles. The van der Waals surface area contributed by atoms with Crippen LogP contribution in [0.2, 0.25) is 0 Å². The number of morpholine rings is 1. The number of ether oxygens (including phenoxy) is 1. The van der Waals surface area contributed by atoms with Gasteiger partial charge in [-0.3, -0.25) is 4.79 Å². The number of rotatable bonds is 2. The zero-order chi connectivity index (χ0) is 19.0. The Bertz CT molecular complexity index is 830. The van der Waals surface area contributed by atoms with Gasteiger partial charge in [-0.25, -0.2) is 9.37 Å². The highest BCUT2D eigenvalue weighted by atomic mass is 19.1. The van der Waals surface area contributed by atoms with Crippen molar-refractivity contribution in [2.75, 3.05) is 29.4 Å². The summed E-state index contributed by atoms with van der Waals surface area (Å²) in [6, 6.07) is 8.64. The van der Waals surface area contributed by atoms with Crippen LogP contribution in [0.5, 0.6) is 0 Å². The fraction of sp³-hybridized carbons (Fsp3) is 0.429. The molecule has 1 aromatic heterocycles. The summed E-state index contributed by atoms with van der Waals surface area (Å²) < 4.78 is 20.1. The van der Waals surface area contributed by atoms with Crippen LogP contribution in [0.3, 0.4) is 0 Å². The van der Waals surface area contributed by atoms with Gasteiger partial charge in [0.15, 0.2) is 0 Å². The van der Waals surface area contributed by atoms with Gasteiger partial charge in [0, 0.05) is 25.8 Å². The SMILES string of the molecule is CC1CN(c2ccc(C(=O)N3CCCc4cccc(F)c43)cn2)CC(C)O1. The van der Waals surface area contributed by atoms with Crippen LogP contribution in [0.15, 0.2) is 36.5 Å². The number of aryl methyl sites for hydroxylation is 1. The van der Waals surface area contributed by atoms with Gasteiger partial charge in [0.1, 0.15) is 11.6 Å². The number of para-hydroxylation sites is 1. The molecule has 1 saturated heterocycles. The van der Waals surface area contributed by atoms with Gasteiger partial charge < -0.3 is 14.5 Å². The molecule has 2 unspecified atom stereocenters. The topological polar surface area (TPSA) is 45.7 Å². The standard InChI is InChI=1S/C21H24FN3O2/c1-14-12-24(13-15(2)27-14)19-9-8-17(11-23-19)21(26)25-10-4-6-16-5-3-7-18(22)20(16)25/h3,5,7-9,11,14-15H,4,6,10,12-13H2,1-2H3. The molecule has 2 aromatic rings. The molecule has 0 spiro atoms. The van der Waals surface area contributed by atoms with Crippen molar-refractivity contribution in [2.24, 2.45) is 0 Å². The fourth-order valence-corrected chi connectivity index (χ4v) is 4.03. The van der Waals surface area contributed by atoms with E-state index in [1.807, 2.05) is 26.0 Å². The summed E-state index contributed by atoms with van der Waals surface area (Å²) in [6.07, 6.45) is 3.51. The van der Waals surface area contributed by atoms with Crippen molar-refractivity contribution in [3.8, 4) is 0 Å². The van der Waals surface area contributed by atoms with Gasteiger partial charge >= 0.3 is 0 Å². The summed E-state index contributed by atoms with van der Waals surface area (Å²) in [6.45, 7) is 6.16. The third kappa shape index (κ3) is 3.54. The van der Waals surface area contributed by atoms with Crippen molar-refractivity contribution in [1.82, 2.24) is 4.98 Å². The molecular weight excluding hydrogens is 345 g/mol. The predicted octanol–water partition coefficient (Wildman–Crippen LogP) is 3.43. The van der Waals surface area contributed by atoms with E-state index >= 15 is 0 Å². The second-order valence-corrected chi connectivity index (χ2v) is 7.38. The van der Waals surface area contributed by atoms with Crippen LogP contribution >= 0.6 is 0 Å². The van der Waals surface area contributed by atoms with Crippen LogP contribution in [0.1, 0.15) is 36.2 Å². The van der Waals surface area contributed by atoms with E-state index in [1.54, 1.807) is 23.2 Å². The van der Waals surface area contributed by atoms with Crippen LogP contribution in [0.25, 0.3) is 0 Å². The first-order valence-electron chi connectivity index (χ1n) is 9.48. The van der Waals surface area contributed by atoms with Crippen molar-refractivity contribution in [3.63, 3.8) is 0 Å². The highest BCUT2D eigenvalue weighted by Gasteiger charge is 2.27. The molecule has 27 heavy (non-hydrogen) atoms. The molecule has 4 rings (SSSR count). The van der Waals surface area contributed by atoms with E-state index in [0.717, 1.165) is 37.3 Å². The van der Waals surface area contributed by atoms with Crippen LogP contribution in [-0.4, -0.2) is 42.7 Å². The number of hydrogen-bond donors (Lipinski definition) is 0. The molecular formula is C21H24FN3O2. The first-order valence-corrected chi connectivity index (χ1v) is 9.48. The monoisotopic (exact) mass is 369 g/mol. The third-order valence-corrected chi connectivity index (χ3v) is 5.15. The van der Waals surface area contributed by atoms with Crippen molar-refractivity contribution in [3.05, 3.63) is 53.5 Å². The quantitative estimate of drug-likeness (QED) is 0.814. The molecule has 1 fully saturated rings. The molecule has 3 heterocycles. The molecule has 0 bridgehead atoms. The minimum Gasteiger partial charge on any atom is -0.372 e. The number of nitrogens with zero attached hydrogens (tertiary/aromatic N) is 3. The molecule has 1 amide bonds. The number of fused-ring (bicyclic) bond motifs is 1. The van der Waals surface area contributed by atoms with Crippen LogP contribution < -0.4 is 9.80 Å². The highest BCUT2D eigenvalue weighted by Crippen LogP contribution is 2.31. The Labute approximate surface area is 158 Å². The first kappa shape index (κ1) is 17.9. The Kier molecular flexibility index (Phi) is 4.83. The molecule has 0 aliphatic carbocycles. The van der Waals surface area contributed by atoms with Crippen molar-refractivity contribution in [2.45, 2.75) is 38.9 Å². The lowest BCUT2D eigenvalue weighted by molar-refractivity contribution is -0.00546. The van der Waals surface area contributed by atoms with E-state index in [-0.39, 0.29) is 23.9 Å². The molecule has 5 nitrogen and oxygen atoms in total. The maximum atomic E-state index is 14.3. The number of anilines is 2. The van der Waals surface area contributed by atoms with Crippen LogP contribution in [0.4, 0.5) is 15.9 Å². The van der Waals surface area contributed by atoms with E-state index in [4.69, 9.17) is 4.74 Å². The number of carbonyl (C=O) groups is 1. The number of amides is 1. The first-order chi connectivity index (χ1) is 13.0. The number of aromatic nitrogens is 1. The number of carbonyl (C=O) groups excluding carboxylic acids is 1. The van der Waals surface area contributed by atoms with E-state index in [2.05, 4.69) is 9.88 Å². The van der Waals surface area contributed by atoms with Crippen LogP contribution in [0, 0.1) is 5.82 Å². The van der Waals surface area contributed by atoms with E-state index in [0.29, 0.717) is 17.8 Å². The van der Waals surface area contributed by atoms with E-state index in [1.165, 1.54) is 6.07 Å². The summed E-state index contributed by atoms with van der Waals surface area (Å²) in [5, 5.41) is 0. The van der Waals surface area contributed by atoms with Gasteiger partial charge in [-0.2, -0.15) is 0 Å². The predicted molar refractivity (Wildman–Crippen MR) is 103 cm³/mol. The fourth-order valence-electron chi connectivity index (χ4n) is 4.03. The molecule has 0 radical (unpaired) electrons. The summed E-state index contributed by atoms with van der Waals surface area (Å²) in [5.74, 6) is 0.281. The minimum absolute atomic E-state index is 0.143. The smallest absolute Gasteiger partial charge is 0.259 e. The Morgan fingerprint density at radius 3 is 2.67 bits per heavy atom. The third-order valence-electron chi connectivity index (χ3n) is 5.15. The maximum absolute atomic E-state index is 14.3. The summed E-state index contributed by atoms with van der Waals surface area (Å²) >= 11 is 0. The second-order valence-electron chi connectivity index (χ2n) is 7.38. The zero-order valence-corrected chi connectivity index (χ0v) is 15.7. The van der Waals surface area contributed by atoms with Gasteiger partial charge in [-0.05, 0) is 50.5 Å². The Morgan fingerprint density at radius 2 is 1.96 bits per heavy atom. The van der Waals surface area contributed by atoms with Crippen LogP contribution in [-0.2, 0) is 11.2 Å². The average molecular weight is 369 g/mol. The second kappa shape index (κ2) is 7.27. The zero-order valence-electron chi connectivity index (χ0n) is 15.7.